The number of carbonyl (C=O) groups excluding carboxylic acids is 1. The third-order valence-corrected chi connectivity index (χ3v) is 3.83. The maximum atomic E-state index is 12.0. The summed E-state index contributed by atoms with van der Waals surface area (Å²) in [5.74, 6) is 1.18. The number of benzene rings is 1. The van der Waals surface area contributed by atoms with Crippen LogP contribution in [0.1, 0.15) is 5.56 Å². The Bertz CT molecular complexity index is 583. The first-order valence-corrected chi connectivity index (χ1v) is 7.44. The van der Waals surface area contributed by atoms with Gasteiger partial charge in [0.05, 0.1) is 0 Å². The average Bonchev–Trinajstić information content (AvgIpc) is 3.00. The zero-order chi connectivity index (χ0) is 13.8. The second-order valence-electron chi connectivity index (χ2n) is 4.54. The fourth-order valence-electron chi connectivity index (χ4n) is 2.03. The lowest BCUT2D eigenvalue weighted by Gasteiger charge is -2.25. The molecule has 4 nitrogen and oxygen atoms in total. The molecule has 1 unspecified atom stereocenters. The van der Waals surface area contributed by atoms with Crippen LogP contribution in [0.25, 0.3) is 0 Å². The van der Waals surface area contributed by atoms with Gasteiger partial charge in [-0.15, -0.1) is 0 Å². The molecule has 2 aromatic rings. The van der Waals surface area contributed by atoms with Crippen LogP contribution in [0.15, 0.2) is 41.1 Å². The fourth-order valence-corrected chi connectivity index (χ4v) is 2.73. The lowest BCUT2D eigenvalue weighted by Crippen LogP contribution is -2.44. The molecule has 1 aromatic carbocycles. The summed E-state index contributed by atoms with van der Waals surface area (Å²) in [6, 6.07) is 9.44. The molecule has 1 N–H and O–H groups in total. The highest BCUT2D eigenvalue weighted by molar-refractivity contribution is 7.07. The molecule has 20 heavy (non-hydrogen) atoms. The van der Waals surface area contributed by atoms with Crippen LogP contribution in [-0.4, -0.2) is 25.2 Å². The van der Waals surface area contributed by atoms with E-state index in [2.05, 4.69) is 16.8 Å². The molecule has 1 aliphatic rings. The Hall–Kier alpha value is -2.01. The standard InChI is InChI=1S/C15H15NO3S/c17-15(16-7-5-11-6-8-20-10-11)14-9-18-12-3-1-2-4-13(12)19-14/h1-4,6,8,10,14H,5,7,9H2,(H,16,17). The summed E-state index contributed by atoms with van der Waals surface area (Å²) in [5, 5.41) is 7.00. The molecule has 1 aliphatic heterocycles. The Morgan fingerprint density at radius 3 is 2.95 bits per heavy atom. The summed E-state index contributed by atoms with van der Waals surface area (Å²) in [6.45, 7) is 0.859. The van der Waals surface area contributed by atoms with Crippen LogP contribution in [0.4, 0.5) is 0 Å². The van der Waals surface area contributed by atoms with E-state index in [4.69, 9.17) is 9.47 Å². The Labute approximate surface area is 121 Å². The van der Waals surface area contributed by atoms with Gasteiger partial charge in [-0.2, -0.15) is 11.3 Å². The van der Waals surface area contributed by atoms with Gasteiger partial charge >= 0.3 is 0 Å². The summed E-state index contributed by atoms with van der Waals surface area (Å²) in [4.78, 5) is 12.0. The fraction of sp³-hybridized carbons (Fsp3) is 0.267. The molecule has 0 radical (unpaired) electrons. The highest BCUT2D eigenvalue weighted by Crippen LogP contribution is 2.30. The van der Waals surface area contributed by atoms with Crippen LogP contribution >= 0.6 is 11.3 Å². The summed E-state index contributed by atoms with van der Waals surface area (Å²) in [6.07, 6.45) is 0.256. The van der Waals surface area contributed by atoms with Crippen LogP contribution < -0.4 is 14.8 Å². The third-order valence-electron chi connectivity index (χ3n) is 3.09. The summed E-state index contributed by atoms with van der Waals surface area (Å²) in [7, 11) is 0. The van der Waals surface area contributed by atoms with Crippen LogP contribution in [0.5, 0.6) is 11.5 Å². The number of hydrogen-bond donors (Lipinski definition) is 1. The zero-order valence-corrected chi connectivity index (χ0v) is 11.7. The van der Waals surface area contributed by atoms with E-state index < -0.39 is 6.10 Å². The molecule has 0 spiro atoms. The van der Waals surface area contributed by atoms with E-state index in [1.165, 1.54) is 5.56 Å². The van der Waals surface area contributed by atoms with Gasteiger partial charge in [0.2, 0.25) is 6.10 Å². The predicted octanol–water partition coefficient (Wildman–Crippen LogP) is 2.25. The monoisotopic (exact) mass is 289 g/mol. The molecule has 0 aliphatic carbocycles. The number of thiophene rings is 1. The topological polar surface area (TPSA) is 47.6 Å². The first-order chi connectivity index (χ1) is 9.83. The van der Waals surface area contributed by atoms with Gasteiger partial charge in [-0.25, -0.2) is 0 Å². The maximum Gasteiger partial charge on any atom is 0.264 e. The van der Waals surface area contributed by atoms with Gasteiger partial charge < -0.3 is 14.8 Å². The number of fused-ring (bicyclic) bond motifs is 1. The number of nitrogens with one attached hydrogen (secondary N) is 1. The van der Waals surface area contributed by atoms with Gasteiger partial charge in [0.1, 0.15) is 6.61 Å². The minimum atomic E-state index is -0.577. The highest BCUT2D eigenvalue weighted by Gasteiger charge is 2.26. The van der Waals surface area contributed by atoms with Gasteiger partial charge in [-0.05, 0) is 40.9 Å². The molecule has 0 fully saturated rings. The molecule has 1 aromatic heterocycles. The molecule has 5 heteroatoms. The summed E-state index contributed by atoms with van der Waals surface area (Å²) >= 11 is 1.66. The Kier molecular flexibility index (Phi) is 3.87. The van der Waals surface area contributed by atoms with Gasteiger partial charge in [-0.3, -0.25) is 4.79 Å². The quantitative estimate of drug-likeness (QED) is 0.939. The Morgan fingerprint density at radius 1 is 1.30 bits per heavy atom. The number of hydrogen-bond acceptors (Lipinski definition) is 4. The molecule has 0 saturated heterocycles. The summed E-state index contributed by atoms with van der Waals surface area (Å²) < 4.78 is 11.2. The molecule has 3 rings (SSSR count). The normalized spacial score (nSPS) is 16.7. The van der Waals surface area contributed by atoms with E-state index >= 15 is 0 Å². The highest BCUT2D eigenvalue weighted by atomic mass is 32.1. The van der Waals surface area contributed by atoms with E-state index in [0.717, 1.165) is 6.42 Å². The number of ether oxygens (including phenoxy) is 2. The second-order valence-corrected chi connectivity index (χ2v) is 5.32. The number of amides is 1. The molecule has 1 atom stereocenters. The average molecular weight is 289 g/mol. The predicted molar refractivity (Wildman–Crippen MR) is 77.4 cm³/mol. The lowest BCUT2D eigenvalue weighted by atomic mass is 10.2. The van der Waals surface area contributed by atoms with Crippen molar-refractivity contribution in [3.05, 3.63) is 46.7 Å². The van der Waals surface area contributed by atoms with Crippen molar-refractivity contribution in [2.75, 3.05) is 13.2 Å². The van der Waals surface area contributed by atoms with E-state index in [1.807, 2.05) is 23.6 Å². The zero-order valence-electron chi connectivity index (χ0n) is 10.9. The molecule has 2 heterocycles. The molecular formula is C15H15NO3S. The number of carbonyl (C=O) groups is 1. The molecule has 104 valence electrons. The van der Waals surface area contributed by atoms with Crippen molar-refractivity contribution in [2.45, 2.75) is 12.5 Å². The minimum Gasteiger partial charge on any atom is -0.485 e. The molecular weight excluding hydrogens is 274 g/mol. The van der Waals surface area contributed by atoms with Crippen LogP contribution in [0.3, 0.4) is 0 Å². The first-order valence-electron chi connectivity index (χ1n) is 6.50. The Morgan fingerprint density at radius 2 is 2.15 bits per heavy atom. The Balaban J connectivity index is 1.51. The van der Waals surface area contributed by atoms with Crippen molar-refractivity contribution in [3.8, 4) is 11.5 Å². The van der Waals surface area contributed by atoms with Crippen molar-refractivity contribution in [1.82, 2.24) is 5.32 Å². The van der Waals surface area contributed by atoms with E-state index in [1.54, 1.807) is 17.4 Å². The largest absolute Gasteiger partial charge is 0.485 e. The number of para-hydroxylation sites is 2. The molecule has 1 amide bonds. The van der Waals surface area contributed by atoms with Gasteiger partial charge in [0.25, 0.3) is 5.91 Å². The number of rotatable bonds is 4. The molecule has 0 bridgehead atoms. The van der Waals surface area contributed by atoms with E-state index in [-0.39, 0.29) is 12.5 Å². The van der Waals surface area contributed by atoms with Crippen LogP contribution in [0, 0.1) is 0 Å². The van der Waals surface area contributed by atoms with Crippen molar-refractivity contribution in [2.24, 2.45) is 0 Å². The SMILES string of the molecule is O=C(NCCc1ccsc1)C1COc2ccccc2O1. The lowest BCUT2D eigenvalue weighted by molar-refractivity contribution is -0.130. The van der Waals surface area contributed by atoms with Crippen molar-refractivity contribution < 1.29 is 14.3 Å². The van der Waals surface area contributed by atoms with Crippen LogP contribution in [0.2, 0.25) is 0 Å². The smallest absolute Gasteiger partial charge is 0.264 e. The van der Waals surface area contributed by atoms with Crippen LogP contribution in [-0.2, 0) is 11.2 Å². The van der Waals surface area contributed by atoms with Crippen molar-refractivity contribution in [1.29, 1.82) is 0 Å². The van der Waals surface area contributed by atoms with E-state index in [9.17, 15) is 4.79 Å². The molecule has 0 saturated carbocycles. The van der Waals surface area contributed by atoms with Crippen molar-refractivity contribution in [3.63, 3.8) is 0 Å². The van der Waals surface area contributed by atoms with Gasteiger partial charge in [0.15, 0.2) is 11.5 Å². The first kappa shape index (κ1) is 13.0. The third kappa shape index (κ3) is 2.93. The maximum absolute atomic E-state index is 12.0. The second kappa shape index (κ2) is 5.96. The van der Waals surface area contributed by atoms with Crippen molar-refractivity contribution >= 4 is 17.2 Å². The summed E-state index contributed by atoms with van der Waals surface area (Å²) in [5.41, 5.74) is 1.24. The van der Waals surface area contributed by atoms with Gasteiger partial charge in [0, 0.05) is 6.54 Å². The van der Waals surface area contributed by atoms with E-state index in [0.29, 0.717) is 18.0 Å². The van der Waals surface area contributed by atoms with Gasteiger partial charge in [-0.1, -0.05) is 12.1 Å². The minimum absolute atomic E-state index is 0.130.